The number of nitrogens with one attached hydrogen (secondary N) is 2. The molecule has 0 spiro atoms. The van der Waals surface area contributed by atoms with Crippen molar-refractivity contribution in [3.8, 4) is 5.75 Å². The second kappa shape index (κ2) is 10.2. The van der Waals surface area contributed by atoms with Crippen molar-refractivity contribution in [3.05, 3.63) is 30.1 Å². The number of halogens is 1. The number of para-hydroxylation sites is 1. The Balaban J connectivity index is 1.82. The molecular weight excluding hydrogens is 319 g/mol. The van der Waals surface area contributed by atoms with Gasteiger partial charge < -0.3 is 20.3 Å². The summed E-state index contributed by atoms with van der Waals surface area (Å²) in [5.74, 6) is 1.37. The van der Waals surface area contributed by atoms with Crippen LogP contribution in [0.4, 0.5) is 4.39 Å². The Bertz CT molecular complexity index is 552. The number of hydrogen-bond donors (Lipinski definition) is 2. The van der Waals surface area contributed by atoms with Crippen molar-refractivity contribution in [2.24, 2.45) is 10.9 Å². The fraction of sp³-hybridized carbons (Fsp3) is 0.632. The van der Waals surface area contributed by atoms with Gasteiger partial charge in [0.1, 0.15) is 6.10 Å². The molecule has 5 nitrogen and oxygen atoms in total. The number of likely N-dealkylation sites (tertiary alicyclic amines) is 1. The van der Waals surface area contributed by atoms with Gasteiger partial charge in [0.05, 0.1) is 6.54 Å². The summed E-state index contributed by atoms with van der Waals surface area (Å²) >= 11 is 0. The molecule has 0 radical (unpaired) electrons. The van der Waals surface area contributed by atoms with Gasteiger partial charge in [0.15, 0.2) is 17.5 Å². The number of benzene rings is 1. The number of nitrogens with zero attached hydrogens (tertiary/aromatic N) is 2. The Morgan fingerprint density at radius 2 is 2.20 bits per heavy atom. The largest absolute Gasteiger partial charge is 0.486 e. The number of ether oxygens (including phenoxy) is 1. The summed E-state index contributed by atoms with van der Waals surface area (Å²) in [6, 6.07) is 6.46. The van der Waals surface area contributed by atoms with Gasteiger partial charge in [0.2, 0.25) is 0 Å². The van der Waals surface area contributed by atoms with Gasteiger partial charge >= 0.3 is 0 Å². The second-order valence-corrected chi connectivity index (χ2v) is 6.73. The molecule has 1 saturated heterocycles. The van der Waals surface area contributed by atoms with Crippen LogP contribution in [0.3, 0.4) is 0 Å². The van der Waals surface area contributed by atoms with E-state index in [2.05, 4.69) is 27.6 Å². The van der Waals surface area contributed by atoms with E-state index in [0.29, 0.717) is 12.5 Å². The van der Waals surface area contributed by atoms with E-state index in [4.69, 9.17) is 4.74 Å². The van der Waals surface area contributed by atoms with Gasteiger partial charge in [-0.05, 0) is 58.3 Å². The van der Waals surface area contributed by atoms with Gasteiger partial charge in [0.25, 0.3) is 0 Å². The van der Waals surface area contributed by atoms with Gasteiger partial charge in [0, 0.05) is 19.6 Å². The van der Waals surface area contributed by atoms with Crippen LogP contribution in [0.2, 0.25) is 0 Å². The number of guanidine groups is 1. The maximum Gasteiger partial charge on any atom is 0.191 e. The van der Waals surface area contributed by atoms with Crippen LogP contribution in [0, 0.1) is 11.7 Å². The Morgan fingerprint density at radius 1 is 1.40 bits per heavy atom. The minimum Gasteiger partial charge on any atom is -0.486 e. The fourth-order valence-corrected chi connectivity index (χ4v) is 3.04. The lowest BCUT2D eigenvalue weighted by molar-refractivity contribution is 0.210. The van der Waals surface area contributed by atoms with Crippen molar-refractivity contribution in [2.75, 3.05) is 39.8 Å². The van der Waals surface area contributed by atoms with Gasteiger partial charge in [-0.3, -0.25) is 0 Å². The van der Waals surface area contributed by atoms with Gasteiger partial charge in [-0.1, -0.05) is 12.1 Å². The van der Waals surface area contributed by atoms with Crippen LogP contribution in [0.1, 0.15) is 26.7 Å². The topological polar surface area (TPSA) is 48.9 Å². The SMILES string of the molecule is CCNC(=NCC(C)Oc1ccccc1F)NCC1CCCN(C)C1. The van der Waals surface area contributed by atoms with E-state index in [1.165, 1.54) is 25.5 Å². The predicted molar refractivity (Wildman–Crippen MR) is 101 cm³/mol. The summed E-state index contributed by atoms with van der Waals surface area (Å²) in [5, 5.41) is 6.68. The standard InChI is InChI=1S/C19H31FN4O/c1-4-21-19(23-13-16-8-7-11-24(3)14-16)22-12-15(2)25-18-10-6-5-9-17(18)20/h5-6,9-10,15-16H,4,7-8,11-14H2,1-3H3,(H2,21,22,23). The van der Waals surface area contributed by atoms with E-state index in [1.54, 1.807) is 18.2 Å². The van der Waals surface area contributed by atoms with Crippen LogP contribution in [0.5, 0.6) is 5.75 Å². The maximum atomic E-state index is 13.6. The minimum atomic E-state index is -0.343. The fourth-order valence-electron chi connectivity index (χ4n) is 3.04. The zero-order valence-electron chi connectivity index (χ0n) is 15.6. The minimum absolute atomic E-state index is 0.201. The van der Waals surface area contributed by atoms with Crippen LogP contribution >= 0.6 is 0 Å². The molecule has 1 aromatic rings. The zero-order chi connectivity index (χ0) is 18.1. The number of aliphatic imine (C=N–C) groups is 1. The first-order chi connectivity index (χ1) is 12.1. The van der Waals surface area contributed by atoms with Gasteiger partial charge in [-0.25, -0.2) is 9.38 Å². The van der Waals surface area contributed by atoms with Gasteiger partial charge in [-0.15, -0.1) is 0 Å². The normalized spacial score (nSPS) is 20.2. The summed E-state index contributed by atoms with van der Waals surface area (Å²) < 4.78 is 19.3. The van der Waals surface area contributed by atoms with E-state index < -0.39 is 0 Å². The molecule has 0 amide bonds. The van der Waals surface area contributed by atoms with Crippen LogP contribution in [0.15, 0.2) is 29.3 Å². The molecule has 0 bridgehead atoms. The molecule has 0 aromatic heterocycles. The summed E-state index contributed by atoms with van der Waals surface area (Å²) in [6.45, 7) is 8.45. The average molecular weight is 350 g/mol. The molecule has 2 atom stereocenters. The molecule has 0 aliphatic carbocycles. The maximum absolute atomic E-state index is 13.6. The summed E-state index contributed by atoms with van der Waals surface area (Å²) in [6.07, 6.45) is 2.31. The Labute approximate surface area is 150 Å². The summed E-state index contributed by atoms with van der Waals surface area (Å²) in [4.78, 5) is 6.96. The van der Waals surface area contributed by atoms with Crippen LogP contribution < -0.4 is 15.4 Å². The molecule has 25 heavy (non-hydrogen) atoms. The highest BCUT2D eigenvalue weighted by atomic mass is 19.1. The van der Waals surface area contributed by atoms with Crippen molar-refractivity contribution in [2.45, 2.75) is 32.8 Å². The van der Waals surface area contributed by atoms with Crippen molar-refractivity contribution in [1.29, 1.82) is 0 Å². The van der Waals surface area contributed by atoms with Crippen LogP contribution in [-0.4, -0.2) is 56.7 Å². The molecule has 2 unspecified atom stereocenters. The molecule has 1 aliphatic heterocycles. The third-order valence-electron chi connectivity index (χ3n) is 4.30. The van der Waals surface area contributed by atoms with E-state index in [9.17, 15) is 4.39 Å². The predicted octanol–water partition coefficient (Wildman–Crippen LogP) is 2.49. The molecule has 1 heterocycles. The summed E-state index contributed by atoms with van der Waals surface area (Å²) in [5.41, 5.74) is 0. The second-order valence-electron chi connectivity index (χ2n) is 6.73. The molecule has 140 valence electrons. The first kappa shape index (κ1) is 19.5. The van der Waals surface area contributed by atoms with Crippen molar-refractivity contribution < 1.29 is 9.13 Å². The molecule has 6 heteroatoms. The average Bonchev–Trinajstić information content (AvgIpc) is 2.59. The molecule has 1 aliphatic rings. The Hall–Kier alpha value is -1.82. The number of hydrogen-bond acceptors (Lipinski definition) is 3. The molecule has 1 fully saturated rings. The lowest BCUT2D eigenvalue weighted by Gasteiger charge is -2.30. The van der Waals surface area contributed by atoms with Crippen molar-refractivity contribution in [1.82, 2.24) is 15.5 Å². The first-order valence-corrected chi connectivity index (χ1v) is 9.20. The quantitative estimate of drug-likeness (QED) is 0.586. The summed E-state index contributed by atoms with van der Waals surface area (Å²) in [7, 11) is 2.17. The van der Waals surface area contributed by atoms with Crippen molar-refractivity contribution >= 4 is 5.96 Å². The third-order valence-corrected chi connectivity index (χ3v) is 4.30. The van der Waals surface area contributed by atoms with Gasteiger partial charge in [-0.2, -0.15) is 0 Å². The number of piperidine rings is 1. The highest BCUT2D eigenvalue weighted by Gasteiger charge is 2.17. The highest BCUT2D eigenvalue weighted by Crippen LogP contribution is 2.17. The van der Waals surface area contributed by atoms with E-state index in [0.717, 1.165) is 25.6 Å². The highest BCUT2D eigenvalue weighted by molar-refractivity contribution is 5.79. The van der Waals surface area contributed by atoms with Crippen LogP contribution in [0.25, 0.3) is 0 Å². The lowest BCUT2D eigenvalue weighted by atomic mass is 9.99. The Morgan fingerprint density at radius 3 is 2.92 bits per heavy atom. The lowest BCUT2D eigenvalue weighted by Crippen LogP contribution is -2.44. The van der Waals surface area contributed by atoms with Crippen molar-refractivity contribution in [3.63, 3.8) is 0 Å². The smallest absolute Gasteiger partial charge is 0.191 e. The number of rotatable bonds is 7. The Kier molecular flexibility index (Phi) is 7.98. The molecule has 0 saturated carbocycles. The molecule has 2 N–H and O–H groups in total. The molecule has 1 aromatic carbocycles. The molecule has 2 rings (SSSR count). The van der Waals surface area contributed by atoms with E-state index >= 15 is 0 Å². The monoisotopic (exact) mass is 350 g/mol. The third kappa shape index (κ3) is 6.90. The zero-order valence-corrected chi connectivity index (χ0v) is 15.6. The van der Waals surface area contributed by atoms with E-state index in [-0.39, 0.29) is 17.7 Å². The van der Waals surface area contributed by atoms with Crippen LogP contribution in [-0.2, 0) is 0 Å². The first-order valence-electron chi connectivity index (χ1n) is 9.20. The molecular formula is C19H31FN4O. The van der Waals surface area contributed by atoms with E-state index in [1.807, 2.05) is 13.8 Å².